The third kappa shape index (κ3) is 10.2. The van der Waals surface area contributed by atoms with Crippen LogP contribution in [-0.4, -0.2) is 70.4 Å². The number of aliphatic hydroxyl groups excluding tert-OH is 1. The van der Waals surface area contributed by atoms with Gasteiger partial charge < -0.3 is 26.6 Å². The number of imide groups is 1. The van der Waals surface area contributed by atoms with E-state index in [1.807, 2.05) is 76.2 Å². The maximum Gasteiger partial charge on any atom is 0.271 e. The molecule has 0 bridgehead atoms. The number of hydrogen-bond acceptors (Lipinski definition) is 8. The molecule has 1 saturated carbocycles. The first-order valence-electron chi connectivity index (χ1n) is 18.0. The SMILES string of the molecule is CC(C)CNC(=O)C(N)[C@@H](O)[C@H](CC1CCCCC1)C(=O)[C@H](CC(C)C)N(C(=O)C(N)Cc1ccccc1)C(=O)[C@@H]1Cc2ccccc2O1. The number of carbonyl (C=O) groups is 4. The van der Waals surface area contributed by atoms with Crippen molar-refractivity contribution in [3.63, 3.8) is 0 Å². The van der Waals surface area contributed by atoms with Gasteiger partial charge in [-0.3, -0.25) is 24.1 Å². The number of rotatable bonds is 16. The predicted octanol–water partition coefficient (Wildman–Crippen LogP) is 3.95. The van der Waals surface area contributed by atoms with Gasteiger partial charge in [0.05, 0.1) is 18.2 Å². The highest BCUT2D eigenvalue weighted by Crippen LogP contribution is 2.34. The first-order chi connectivity index (χ1) is 23.4. The lowest BCUT2D eigenvalue weighted by atomic mass is 9.76. The molecular weight excluding hydrogens is 620 g/mol. The Bertz CT molecular complexity index is 1380. The Morgan fingerprint density at radius 2 is 1.57 bits per heavy atom. The Hall–Kier alpha value is -3.60. The second-order valence-corrected chi connectivity index (χ2v) is 14.8. The number of hydrogen-bond donors (Lipinski definition) is 4. The van der Waals surface area contributed by atoms with Crippen LogP contribution in [0.4, 0.5) is 0 Å². The Morgan fingerprint density at radius 1 is 0.918 bits per heavy atom. The van der Waals surface area contributed by atoms with E-state index < -0.39 is 59.8 Å². The minimum Gasteiger partial charge on any atom is -0.480 e. The van der Waals surface area contributed by atoms with Gasteiger partial charge >= 0.3 is 0 Å². The van der Waals surface area contributed by atoms with E-state index in [0.29, 0.717) is 18.7 Å². The minimum atomic E-state index is -1.52. The molecule has 2 aromatic carbocycles. The topological polar surface area (TPSA) is 165 Å². The lowest BCUT2D eigenvalue weighted by Gasteiger charge is -2.38. The van der Waals surface area contributed by atoms with Crippen molar-refractivity contribution in [1.29, 1.82) is 0 Å². The first-order valence-corrected chi connectivity index (χ1v) is 18.0. The number of Topliss-reactive ketones (excluding diaryl/α,β-unsaturated/α-hetero) is 1. The summed E-state index contributed by atoms with van der Waals surface area (Å²) in [5.41, 5.74) is 14.6. The second-order valence-electron chi connectivity index (χ2n) is 14.8. The highest BCUT2D eigenvalue weighted by molar-refractivity contribution is 6.05. The molecule has 6 atom stereocenters. The van der Waals surface area contributed by atoms with Crippen molar-refractivity contribution in [2.75, 3.05) is 6.54 Å². The highest BCUT2D eigenvalue weighted by Gasteiger charge is 2.47. The zero-order valence-corrected chi connectivity index (χ0v) is 29.6. The summed E-state index contributed by atoms with van der Waals surface area (Å²) < 4.78 is 6.06. The normalized spacial score (nSPS) is 19.3. The Balaban J connectivity index is 1.72. The number of nitrogens with two attached hydrogens (primary N) is 2. The van der Waals surface area contributed by atoms with Crippen LogP contribution in [-0.2, 0) is 32.0 Å². The number of carbonyl (C=O) groups excluding carboxylic acids is 4. The zero-order valence-electron chi connectivity index (χ0n) is 29.6. The van der Waals surface area contributed by atoms with E-state index in [2.05, 4.69) is 5.32 Å². The average Bonchev–Trinajstić information content (AvgIpc) is 3.53. The predicted molar refractivity (Wildman–Crippen MR) is 189 cm³/mol. The average molecular weight is 677 g/mol. The molecule has 1 aliphatic carbocycles. The van der Waals surface area contributed by atoms with Crippen molar-refractivity contribution < 1.29 is 29.0 Å². The third-order valence-electron chi connectivity index (χ3n) is 9.79. The molecule has 2 aliphatic rings. The first kappa shape index (κ1) is 38.2. The number of benzene rings is 2. The Kier molecular flexibility index (Phi) is 13.9. The zero-order chi connectivity index (χ0) is 35.7. The van der Waals surface area contributed by atoms with Crippen molar-refractivity contribution in [3.8, 4) is 5.75 Å². The molecule has 0 aromatic heterocycles. The van der Waals surface area contributed by atoms with E-state index >= 15 is 0 Å². The highest BCUT2D eigenvalue weighted by atomic mass is 16.5. The summed E-state index contributed by atoms with van der Waals surface area (Å²) in [6.07, 6.45) is 3.20. The van der Waals surface area contributed by atoms with Crippen LogP contribution >= 0.6 is 0 Å². The molecule has 1 fully saturated rings. The van der Waals surface area contributed by atoms with E-state index in [-0.39, 0.29) is 37.0 Å². The maximum absolute atomic E-state index is 15.0. The van der Waals surface area contributed by atoms with Gasteiger partial charge in [-0.15, -0.1) is 0 Å². The van der Waals surface area contributed by atoms with Crippen LogP contribution in [0.3, 0.4) is 0 Å². The summed E-state index contributed by atoms with van der Waals surface area (Å²) >= 11 is 0. The second kappa shape index (κ2) is 17.9. The number of amides is 3. The molecule has 4 rings (SSSR count). The quantitative estimate of drug-likeness (QED) is 0.208. The van der Waals surface area contributed by atoms with E-state index in [9.17, 15) is 24.3 Å². The fourth-order valence-electron chi connectivity index (χ4n) is 7.10. The van der Waals surface area contributed by atoms with Gasteiger partial charge in [0.2, 0.25) is 11.8 Å². The van der Waals surface area contributed by atoms with Crippen LogP contribution in [0.25, 0.3) is 0 Å². The van der Waals surface area contributed by atoms with Gasteiger partial charge in [-0.2, -0.15) is 0 Å². The van der Waals surface area contributed by atoms with Crippen LogP contribution in [0.1, 0.15) is 83.8 Å². The molecule has 2 aromatic rings. The van der Waals surface area contributed by atoms with Gasteiger partial charge in [0, 0.05) is 18.9 Å². The van der Waals surface area contributed by atoms with Gasteiger partial charge in [0.1, 0.15) is 11.8 Å². The molecule has 0 spiro atoms. The molecule has 10 heteroatoms. The third-order valence-corrected chi connectivity index (χ3v) is 9.79. The number of fused-ring (bicyclic) bond motifs is 1. The van der Waals surface area contributed by atoms with Crippen LogP contribution in [0, 0.1) is 23.7 Å². The van der Waals surface area contributed by atoms with Crippen LogP contribution < -0.4 is 21.5 Å². The van der Waals surface area contributed by atoms with E-state index in [0.717, 1.165) is 48.1 Å². The maximum atomic E-state index is 15.0. The van der Waals surface area contributed by atoms with Gasteiger partial charge in [-0.1, -0.05) is 108 Å². The van der Waals surface area contributed by atoms with E-state index in [4.69, 9.17) is 16.2 Å². The number of para-hydroxylation sites is 1. The van der Waals surface area contributed by atoms with Crippen molar-refractivity contribution >= 4 is 23.5 Å². The molecule has 3 amide bonds. The molecule has 10 nitrogen and oxygen atoms in total. The van der Waals surface area contributed by atoms with Crippen LogP contribution in [0.2, 0.25) is 0 Å². The Labute approximate surface area is 291 Å². The number of ether oxygens (including phenoxy) is 1. The number of ketones is 1. The summed E-state index contributed by atoms with van der Waals surface area (Å²) in [4.78, 5) is 58.1. The summed E-state index contributed by atoms with van der Waals surface area (Å²) in [5.74, 6) is -2.70. The fraction of sp³-hybridized carbons (Fsp3) is 0.590. The van der Waals surface area contributed by atoms with E-state index in [1.165, 1.54) is 0 Å². The molecule has 268 valence electrons. The molecule has 1 heterocycles. The van der Waals surface area contributed by atoms with Crippen molar-refractivity contribution in [1.82, 2.24) is 10.2 Å². The number of aliphatic hydroxyl groups is 1. The lowest BCUT2D eigenvalue weighted by Crippen LogP contribution is -2.61. The molecule has 49 heavy (non-hydrogen) atoms. The van der Waals surface area contributed by atoms with Crippen molar-refractivity contribution in [2.24, 2.45) is 35.1 Å². The minimum absolute atomic E-state index is 0.112. The number of nitrogens with one attached hydrogen (secondary N) is 1. The van der Waals surface area contributed by atoms with Crippen LogP contribution in [0.5, 0.6) is 5.75 Å². The Morgan fingerprint density at radius 3 is 2.20 bits per heavy atom. The fourth-order valence-corrected chi connectivity index (χ4v) is 7.10. The largest absolute Gasteiger partial charge is 0.480 e. The molecule has 0 saturated heterocycles. The van der Waals surface area contributed by atoms with Gasteiger partial charge in [-0.05, 0) is 54.2 Å². The standard InChI is InChI=1S/C39H56N4O6/c1-24(2)19-31(35(44)29(20-26-13-7-5-8-14-26)36(45)34(41)37(46)42-23-25(3)4)43(38(47)30(40)21-27-15-9-6-10-16-27)39(48)33-22-28-17-11-12-18-32(28)49-33/h6,9-12,15-18,24-26,29-31,33-34,36,45H,5,7-8,13-14,19-23,40-41H2,1-4H3,(H,42,46)/t29-,30?,31+,33+,34?,36+/m1/s1. The van der Waals surface area contributed by atoms with Gasteiger partial charge in [0.15, 0.2) is 11.9 Å². The molecular formula is C39H56N4O6. The molecule has 6 N–H and O–H groups in total. The molecule has 1 aliphatic heterocycles. The molecule has 2 unspecified atom stereocenters. The smallest absolute Gasteiger partial charge is 0.271 e. The van der Waals surface area contributed by atoms with Crippen LogP contribution in [0.15, 0.2) is 54.6 Å². The van der Waals surface area contributed by atoms with E-state index in [1.54, 1.807) is 6.07 Å². The number of nitrogens with zero attached hydrogens (tertiary/aromatic N) is 1. The monoisotopic (exact) mass is 676 g/mol. The summed E-state index contributed by atoms with van der Waals surface area (Å²) in [6.45, 7) is 8.10. The summed E-state index contributed by atoms with van der Waals surface area (Å²) in [5, 5.41) is 14.5. The van der Waals surface area contributed by atoms with Gasteiger partial charge in [0.25, 0.3) is 5.91 Å². The lowest BCUT2D eigenvalue weighted by molar-refractivity contribution is -0.159. The molecule has 0 radical (unpaired) electrons. The summed E-state index contributed by atoms with van der Waals surface area (Å²) in [7, 11) is 0. The van der Waals surface area contributed by atoms with Gasteiger partial charge in [-0.25, -0.2) is 0 Å². The van der Waals surface area contributed by atoms with Crippen molar-refractivity contribution in [3.05, 3.63) is 65.7 Å². The van der Waals surface area contributed by atoms with Crippen molar-refractivity contribution in [2.45, 2.75) is 116 Å². The summed E-state index contributed by atoms with van der Waals surface area (Å²) in [6, 6.07) is 12.8.